The maximum atomic E-state index is 13.3. The summed E-state index contributed by atoms with van der Waals surface area (Å²) in [5.74, 6) is 0. The largest absolute Gasteiger partial charge is 0.461 e. The van der Waals surface area contributed by atoms with Crippen molar-refractivity contribution in [3.63, 3.8) is 0 Å². The molecule has 4 heterocycles. The number of H-pyrrole nitrogens is 2. The van der Waals surface area contributed by atoms with E-state index in [1.165, 1.54) is 28.1 Å². The van der Waals surface area contributed by atoms with Gasteiger partial charge < -0.3 is 24.1 Å². The molecule has 22 heteroatoms. The predicted molar refractivity (Wildman–Crippen MR) is 369 cm³/mol. The van der Waals surface area contributed by atoms with E-state index < -0.39 is 45.6 Å². The van der Waals surface area contributed by atoms with Crippen molar-refractivity contribution < 1.29 is 50.4 Å². The number of halogens is 6. The molecule has 3 N–H and O–H groups in total. The number of aliphatic hydroxyl groups excluding tert-OH is 1. The zero-order chi connectivity index (χ0) is 70.6. The number of ether oxygens (including phenoxy) is 4. The van der Waals surface area contributed by atoms with Crippen molar-refractivity contribution in [3.05, 3.63) is 252 Å². The van der Waals surface area contributed by atoms with Gasteiger partial charge in [-0.3, -0.25) is 13.7 Å². The second-order valence-electron chi connectivity index (χ2n) is 28.3. The normalized spacial score (nSPS) is 24.2. The number of hydrogen-bond donors (Lipinski definition) is 3. The van der Waals surface area contributed by atoms with E-state index in [2.05, 4.69) is 90.6 Å². The highest BCUT2D eigenvalue weighted by molar-refractivity contribution is 5.36. The van der Waals surface area contributed by atoms with Gasteiger partial charge in [0, 0.05) is 21.8 Å². The summed E-state index contributed by atoms with van der Waals surface area (Å²) in [4.78, 5) is 24.4. The lowest BCUT2D eigenvalue weighted by atomic mass is 9.64. The molecule has 0 bridgehead atoms. The van der Waals surface area contributed by atoms with Gasteiger partial charge in [-0.05, 0) is 172 Å². The molecule has 3 aliphatic carbocycles. The predicted octanol–water partition coefficient (Wildman–Crippen LogP) is 15.6. The molecule has 1 spiro atoms. The molecule has 532 valence electrons. The standard InChI is InChI=1S/C26H31F2N3O3.C26H29F2N3O2.C26H31F2N3O2/c1-19(22-12-20(14-27)11-21(13-22)15-28)34-17-25(23-5-3-2-4-6-23)7-9-26(16-32,10-8-25)31-18-29-30-24(31)33;1-19(22-12-20(14-27)11-21(13-22)15-28)32-16-25(23-5-3-2-4-6-23)7-9-26(10-8-25)17-33-24-30-29-18-31(24)26;1-19(22-13-20(15-27)12-21(14-22)16-28)33-17-26(23-6-4-3-5-7-23)10-8-25(2,9-11-26)31-18-29-30-24(31)32/h2-6,11-13,18-19,32H,7-10,14-17H2,1H3,(H,30,33);2-6,11-13,18-19H,7-10,14-17H2,1H3;3-7,12-14,18-19H,8-11,15-17H2,1-2H3,(H,30,32)/t3*19-,25?,26?/m111/s1. The number of benzene rings is 6. The monoisotopic (exact) mass is 1380 g/mol. The third-order valence-electron chi connectivity index (χ3n) is 22.1. The summed E-state index contributed by atoms with van der Waals surface area (Å²) in [6.07, 6.45) is 13.5. The Balaban J connectivity index is 0.000000151. The molecule has 13 rings (SSSR count). The number of aromatic amines is 2. The van der Waals surface area contributed by atoms with Crippen LogP contribution in [0.25, 0.3) is 0 Å². The molecule has 6 aromatic carbocycles. The third kappa shape index (κ3) is 15.8. The van der Waals surface area contributed by atoms with Crippen LogP contribution in [0.4, 0.5) is 26.3 Å². The first kappa shape index (κ1) is 72.8. The first-order chi connectivity index (χ1) is 48.4. The van der Waals surface area contributed by atoms with Crippen LogP contribution in [-0.2, 0) is 87.1 Å². The van der Waals surface area contributed by atoms with Crippen molar-refractivity contribution in [2.24, 2.45) is 0 Å². The Hall–Kier alpha value is -8.44. The second-order valence-corrected chi connectivity index (χ2v) is 28.3. The highest BCUT2D eigenvalue weighted by Crippen LogP contribution is 2.51. The maximum Gasteiger partial charge on any atom is 0.343 e. The van der Waals surface area contributed by atoms with Crippen LogP contribution in [-0.4, -0.2) is 82.4 Å². The number of aromatic nitrogens is 9. The van der Waals surface area contributed by atoms with Gasteiger partial charge in [0.25, 0.3) is 0 Å². The van der Waals surface area contributed by atoms with Gasteiger partial charge in [0.1, 0.15) is 65.6 Å². The van der Waals surface area contributed by atoms with Crippen LogP contribution in [0.5, 0.6) is 6.01 Å². The highest BCUT2D eigenvalue weighted by atomic mass is 19.1. The van der Waals surface area contributed by atoms with Crippen LogP contribution in [0.2, 0.25) is 0 Å². The molecule has 4 aliphatic rings. The Labute approximate surface area is 579 Å². The lowest BCUT2D eigenvalue weighted by molar-refractivity contribution is -0.0122. The molecule has 0 saturated heterocycles. The topological polar surface area (TPSA) is 189 Å². The van der Waals surface area contributed by atoms with Gasteiger partial charge in [-0.15, -0.1) is 5.10 Å². The number of nitrogens with one attached hydrogen (secondary N) is 2. The van der Waals surface area contributed by atoms with Crippen LogP contribution in [0.1, 0.15) is 190 Å². The molecule has 1 aliphatic heterocycles. The molecule has 100 heavy (non-hydrogen) atoms. The van der Waals surface area contributed by atoms with E-state index >= 15 is 0 Å². The van der Waals surface area contributed by atoms with Gasteiger partial charge in [0.2, 0.25) is 0 Å². The molecule has 9 aromatic rings. The summed E-state index contributed by atoms with van der Waals surface area (Å²) in [5, 5.41) is 31.0. The maximum absolute atomic E-state index is 13.3. The number of hydrogen-bond acceptors (Lipinski definition) is 11. The number of rotatable bonds is 24. The van der Waals surface area contributed by atoms with Crippen LogP contribution >= 0.6 is 0 Å². The van der Waals surface area contributed by atoms with Crippen molar-refractivity contribution in [3.8, 4) is 6.01 Å². The molecular weight excluding hydrogens is 1290 g/mol. The van der Waals surface area contributed by atoms with Gasteiger partial charge in [0.15, 0.2) is 0 Å². The highest BCUT2D eigenvalue weighted by Gasteiger charge is 2.50. The molecular formula is C78H91F6N9O7. The van der Waals surface area contributed by atoms with Gasteiger partial charge in [-0.25, -0.2) is 46.1 Å². The summed E-state index contributed by atoms with van der Waals surface area (Å²) < 4.78 is 110. The molecule has 0 unspecified atom stereocenters. The smallest absolute Gasteiger partial charge is 0.343 e. The van der Waals surface area contributed by atoms with Crippen LogP contribution in [0.3, 0.4) is 0 Å². The molecule has 16 nitrogen and oxygen atoms in total. The van der Waals surface area contributed by atoms with Crippen molar-refractivity contribution in [2.45, 2.75) is 196 Å². The van der Waals surface area contributed by atoms with E-state index in [0.717, 1.165) is 73.6 Å². The fourth-order valence-electron chi connectivity index (χ4n) is 15.5. The van der Waals surface area contributed by atoms with E-state index in [-0.39, 0.29) is 63.6 Å². The van der Waals surface area contributed by atoms with E-state index in [4.69, 9.17) is 18.9 Å². The zero-order valence-electron chi connectivity index (χ0n) is 57.4. The minimum absolute atomic E-state index is 0.103. The second kappa shape index (κ2) is 32.0. The average Bonchev–Trinajstić information content (AvgIpc) is 1.42. The minimum Gasteiger partial charge on any atom is -0.461 e. The molecule has 3 fully saturated rings. The van der Waals surface area contributed by atoms with E-state index in [0.29, 0.717) is 91.5 Å². The Morgan fingerprint density at radius 1 is 0.460 bits per heavy atom. The summed E-state index contributed by atoms with van der Waals surface area (Å²) >= 11 is 0. The zero-order valence-corrected chi connectivity index (χ0v) is 57.4. The summed E-state index contributed by atoms with van der Waals surface area (Å²) in [5.41, 5.74) is 6.42. The molecule has 0 radical (unpaired) electrons. The Kier molecular flexibility index (Phi) is 23.3. The molecule has 3 aromatic heterocycles. The quantitative estimate of drug-likeness (QED) is 0.0488. The number of fused-ring (bicyclic) bond motifs is 2. The molecule has 0 amide bonds. The van der Waals surface area contributed by atoms with Crippen LogP contribution < -0.4 is 16.1 Å². The minimum atomic E-state index is -0.709. The van der Waals surface area contributed by atoms with Gasteiger partial charge >= 0.3 is 17.4 Å². The van der Waals surface area contributed by atoms with Gasteiger partial charge in [-0.2, -0.15) is 10.2 Å². The first-order valence-electron chi connectivity index (χ1n) is 34.6. The Morgan fingerprint density at radius 3 is 1.13 bits per heavy atom. The lowest BCUT2D eigenvalue weighted by Gasteiger charge is -2.46. The number of aliphatic hydroxyl groups is 1. The van der Waals surface area contributed by atoms with E-state index in [1.807, 2.05) is 63.2 Å². The number of nitrogens with zero attached hydrogens (tertiary/aromatic N) is 7. The van der Waals surface area contributed by atoms with Crippen LogP contribution in [0, 0.1) is 0 Å². The fraction of sp³-hybridized carbons (Fsp3) is 0.462. The average molecular weight is 1380 g/mol. The summed E-state index contributed by atoms with van der Waals surface area (Å²) in [6, 6.07) is 46.7. The summed E-state index contributed by atoms with van der Waals surface area (Å²) in [6.45, 7) is 5.97. The van der Waals surface area contributed by atoms with Crippen molar-refractivity contribution in [1.29, 1.82) is 0 Å². The SMILES string of the molecule is C[C@@H](OCC1(c2ccccc2)CCC(C)(n2cn[nH]c2=O)CC1)c1cc(CF)cc(CF)c1.C[C@@H](OCC1(c2ccccc2)CCC(CO)(n2cn[nH]c2=O)CC1)c1cc(CF)cc(CF)c1.C[C@@H](OCC1(c2ccccc2)CCC2(CC1)COc1nncn12)c1cc(CF)cc(CF)c1. The van der Waals surface area contributed by atoms with Crippen LogP contribution in [0.15, 0.2) is 174 Å². The third-order valence-corrected chi connectivity index (χ3v) is 22.1. The lowest BCUT2D eigenvalue weighted by Crippen LogP contribution is -2.50. The van der Waals surface area contributed by atoms with Crippen molar-refractivity contribution in [2.75, 3.05) is 33.0 Å². The van der Waals surface area contributed by atoms with E-state index in [1.54, 1.807) is 65.8 Å². The molecule has 3 atom stereocenters. The van der Waals surface area contributed by atoms with Crippen molar-refractivity contribution in [1.82, 2.24) is 44.3 Å². The number of alkyl halides is 6. The Morgan fingerprint density at radius 2 is 0.800 bits per heavy atom. The fourth-order valence-corrected chi connectivity index (χ4v) is 15.5. The Bertz CT molecular complexity index is 4130. The first-order valence-corrected chi connectivity index (χ1v) is 34.6. The molecule has 3 saturated carbocycles. The van der Waals surface area contributed by atoms with Crippen molar-refractivity contribution >= 4 is 0 Å². The summed E-state index contributed by atoms with van der Waals surface area (Å²) in [7, 11) is 0. The van der Waals surface area contributed by atoms with Gasteiger partial charge in [0.05, 0.1) is 55.8 Å². The van der Waals surface area contributed by atoms with Gasteiger partial charge in [-0.1, -0.05) is 151 Å². The van der Waals surface area contributed by atoms with E-state index in [9.17, 15) is 41.0 Å².